The van der Waals surface area contributed by atoms with Crippen LogP contribution >= 0.6 is 35.0 Å². The van der Waals surface area contributed by atoms with Crippen molar-refractivity contribution in [3.05, 3.63) is 46.0 Å². The van der Waals surface area contributed by atoms with Crippen LogP contribution in [0, 0.1) is 0 Å². The number of amidine groups is 1. The second-order valence-corrected chi connectivity index (χ2v) is 8.18. The Morgan fingerprint density at radius 1 is 1.36 bits per heavy atom. The van der Waals surface area contributed by atoms with Crippen LogP contribution in [0.2, 0.25) is 10.0 Å². The molecule has 2 aliphatic heterocycles. The lowest BCUT2D eigenvalue weighted by molar-refractivity contribution is -0.117. The predicted molar refractivity (Wildman–Crippen MR) is 106 cm³/mol. The Morgan fingerprint density at radius 3 is 2.68 bits per heavy atom. The third-order valence-electron chi connectivity index (χ3n) is 3.84. The molecular formula is C17H15Cl2F3N4OS. The van der Waals surface area contributed by atoms with E-state index in [0.29, 0.717) is 27.4 Å². The van der Waals surface area contributed by atoms with Crippen molar-refractivity contribution < 1.29 is 18.0 Å². The van der Waals surface area contributed by atoms with Gasteiger partial charge in [-0.05, 0) is 43.3 Å². The van der Waals surface area contributed by atoms with E-state index >= 15 is 0 Å². The van der Waals surface area contributed by atoms with Gasteiger partial charge in [0.05, 0.1) is 6.04 Å². The van der Waals surface area contributed by atoms with Crippen molar-refractivity contribution in [2.75, 3.05) is 0 Å². The van der Waals surface area contributed by atoms with Gasteiger partial charge in [-0.15, -0.1) is 0 Å². The molecule has 1 aromatic rings. The van der Waals surface area contributed by atoms with Crippen LogP contribution in [-0.2, 0) is 4.79 Å². The van der Waals surface area contributed by atoms with E-state index in [1.165, 1.54) is 23.2 Å². The second-order valence-electron chi connectivity index (χ2n) is 6.38. The van der Waals surface area contributed by atoms with Crippen LogP contribution in [-0.4, -0.2) is 39.4 Å². The van der Waals surface area contributed by atoms with E-state index in [1.807, 2.05) is 0 Å². The van der Waals surface area contributed by atoms with Crippen molar-refractivity contribution in [2.45, 2.75) is 38.1 Å². The average molecular weight is 451 g/mol. The van der Waals surface area contributed by atoms with E-state index in [9.17, 15) is 18.0 Å². The molecule has 0 bridgehead atoms. The zero-order valence-corrected chi connectivity index (χ0v) is 17.0. The minimum absolute atomic E-state index is 0.0776. The van der Waals surface area contributed by atoms with Gasteiger partial charge in [-0.3, -0.25) is 4.79 Å². The number of carbonyl (C=O) groups is 1. The monoisotopic (exact) mass is 450 g/mol. The summed E-state index contributed by atoms with van der Waals surface area (Å²) in [7, 11) is 0. The number of hydrogen-bond donors (Lipinski definition) is 1. The number of amides is 1. The first-order chi connectivity index (χ1) is 13.1. The van der Waals surface area contributed by atoms with Crippen LogP contribution in [0.5, 0.6) is 0 Å². The number of aliphatic imine (C=N–C) groups is 1. The van der Waals surface area contributed by atoms with Gasteiger partial charge in [-0.25, -0.2) is 10.0 Å². The maximum atomic E-state index is 13.0. The number of hydrogen-bond acceptors (Lipinski definition) is 5. The highest BCUT2D eigenvalue weighted by atomic mass is 35.5. The fourth-order valence-corrected chi connectivity index (χ4v) is 4.08. The fourth-order valence-electron chi connectivity index (χ4n) is 2.72. The Kier molecular flexibility index (Phi) is 5.97. The molecule has 3 rings (SSSR count). The Morgan fingerprint density at radius 2 is 2.07 bits per heavy atom. The molecular weight excluding hydrogens is 436 g/mol. The molecule has 0 radical (unpaired) electrons. The summed E-state index contributed by atoms with van der Waals surface area (Å²) in [6.07, 6.45) is -1.83. The van der Waals surface area contributed by atoms with Crippen LogP contribution in [0.25, 0.3) is 0 Å². The van der Waals surface area contributed by atoms with Gasteiger partial charge in [-0.2, -0.15) is 18.3 Å². The molecule has 28 heavy (non-hydrogen) atoms. The maximum absolute atomic E-state index is 13.0. The van der Waals surface area contributed by atoms with Crippen LogP contribution in [0.4, 0.5) is 13.2 Å². The molecule has 150 valence electrons. The van der Waals surface area contributed by atoms with E-state index in [1.54, 1.807) is 26.0 Å². The van der Waals surface area contributed by atoms with Crippen molar-refractivity contribution in [1.82, 2.24) is 10.3 Å². The molecule has 2 aliphatic rings. The normalized spacial score (nSPS) is 21.9. The van der Waals surface area contributed by atoms with Crippen LogP contribution in [0.15, 0.2) is 40.4 Å². The van der Waals surface area contributed by atoms with E-state index in [2.05, 4.69) is 15.4 Å². The molecule has 0 saturated carbocycles. The molecule has 0 spiro atoms. The van der Waals surface area contributed by atoms with E-state index in [-0.39, 0.29) is 17.1 Å². The summed E-state index contributed by atoms with van der Waals surface area (Å²) in [6.45, 7) is 3.60. The highest BCUT2D eigenvalue weighted by Gasteiger charge is 2.48. The zero-order valence-electron chi connectivity index (χ0n) is 14.7. The SMILES string of the molecule is CC(C)NC(=O)/C=C/C1C(c2ccc(Cl)cc2Cl)N=C2SC(C(F)(F)F)=NN21. The van der Waals surface area contributed by atoms with Gasteiger partial charge in [0.1, 0.15) is 6.04 Å². The minimum atomic E-state index is -4.58. The van der Waals surface area contributed by atoms with E-state index < -0.39 is 23.3 Å². The summed E-state index contributed by atoms with van der Waals surface area (Å²) >= 11 is 12.6. The Balaban J connectivity index is 1.95. The Hall–Kier alpha value is -1.71. The molecule has 2 atom stereocenters. The quantitative estimate of drug-likeness (QED) is 0.671. The first kappa shape index (κ1) is 21.0. The number of alkyl halides is 3. The van der Waals surface area contributed by atoms with Crippen LogP contribution in [0.3, 0.4) is 0 Å². The molecule has 5 nitrogen and oxygen atoms in total. The summed E-state index contributed by atoms with van der Waals surface area (Å²) in [5.41, 5.74) is 0.580. The lowest BCUT2D eigenvalue weighted by Crippen LogP contribution is -2.31. The summed E-state index contributed by atoms with van der Waals surface area (Å²) in [5, 5.41) is 7.38. The van der Waals surface area contributed by atoms with Gasteiger partial charge in [0.15, 0.2) is 5.17 Å². The lowest BCUT2D eigenvalue weighted by atomic mass is 10.00. The third-order valence-corrected chi connectivity index (χ3v) is 5.38. The van der Waals surface area contributed by atoms with Gasteiger partial charge in [-0.1, -0.05) is 35.3 Å². The topological polar surface area (TPSA) is 57.1 Å². The van der Waals surface area contributed by atoms with Crippen molar-refractivity contribution in [3.8, 4) is 0 Å². The molecule has 11 heteroatoms. The zero-order chi connectivity index (χ0) is 20.6. The fraction of sp³-hybridized carbons (Fsp3) is 0.353. The van der Waals surface area contributed by atoms with Crippen LogP contribution < -0.4 is 5.32 Å². The largest absolute Gasteiger partial charge is 0.441 e. The molecule has 2 heterocycles. The molecule has 2 unspecified atom stereocenters. The minimum Gasteiger partial charge on any atom is -0.350 e. The third kappa shape index (κ3) is 4.47. The van der Waals surface area contributed by atoms with Gasteiger partial charge in [0.25, 0.3) is 0 Å². The van der Waals surface area contributed by atoms with E-state index in [0.717, 1.165) is 0 Å². The van der Waals surface area contributed by atoms with Crippen molar-refractivity contribution in [2.24, 2.45) is 10.1 Å². The number of benzene rings is 1. The van der Waals surface area contributed by atoms with Crippen molar-refractivity contribution >= 4 is 51.1 Å². The number of fused-ring (bicyclic) bond motifs is 1. The number of carbonyl (C=O) groups excluding carboxylic acids is 1. The molecule has 1 amide bonds. The summed E-state index contributed by atoms with van der Waals surface area (Å²) < 4.78 is 39.1. The van der Waals surface area contributed by atoms with Crippen molar-refractivity contribution in [1.29, 1.82) is 0 Å². The summed E-state index contributed by atoms with van der Waals surface area (Å²) in [6, 6.07) is 3.37. The molecule has 0 aliphatic carbocycles. The number of rotatable bonds is 4. The predicted octanol–water partition coefficient (Wildman–Crippen LogP) is 4.78. The number of hydrazone groups is 1. The molecule has 0 aromatic heterocycles. The standard InChI is InChI=1S/C17H15Cl2F3N4OS/c1-8(2)23-13(27)6-5-12-14(10-4-3-9(18)7-11(10)19)24-16-26(12)25-15(28-16)17(20,21)22/h3-8,12,14H,1-2H3,(H,23,27)/b6-5+. The number of halogens is 5. The highest BCUT2D eigenvalue weighted by Crippen LogP contribution is 2.44. The van der Waals surface area contributed by atoms with Crippen molar-refractivity contribution in [3.63, 3.8) is 0 Å². The van der Waals surface area contributed by atoms with Gasteiger partial charge in [0, 0.05) is 22.2 Å². The second kappa shape index (κ2) is 7.96. The molecule has 0 saturated heterocycles. The average Bonchev–Trinajstić information content (AvgIpc) is 3.10. The number of nitrogens with zero attached hydrogens (tertiary/aromatic N) is 3. The van der Waals surface area contributed by atoms with Gasteiger partial charge < -0.3 is 5.32 Å². The summed E-state index contributed by atoms with van der Waals surface area (Å²) in [5.74, 6) is -0.365. The van der Waals surface area contributed by atoms with E-state index in [4.69, 9.17) is 23.2 Å². The lowest BCUT2D eigenvalue weighted by Gasteiger charge is -2.21. The molecule has 1 N–H and O–H groups in total. The summed E-state index contributed by atoms with van der Waals surface area (Å²) in [4.78, 5) is 16.3. The highest BCUT2D eigenvalue weighted by molar-refractivity contribution is 8.27. The Labute approximate surface area is 173 Å². The van der Waals surface area contributed by atoms with Gasteiger partial charge >= 0.3 is 6.18 Å². The number of thioether (sulfide) groups is 1. The Bertz CT molecular complexity index is 886. The maximum Gasteiger partial charge on any atom is 0.441 e. The first-order valence-corrected chi connectivity index (χ1v) is 9.78. The first-order valence-electron chi connectivity index (χ1n) is 8.20. The smallest absolute Gasteiger partial charge is 0.350 e. The van der Waals surface area contributed by atoms with Crippen LogP contribution in [0.1, 0.15) is 25.5 Å². The van der Waals surface area contributed by atoms with Gasteiger partial charge in [0.2, 0.25) is 11.0 Å². The molecule has 1 aromatic carbocycles. The number of nitrogens with one attached hydrogen (secondary N) is 1. The molecule has 0 fully saturated rings.